The Balaban J connectivity index is 1.95. The van der Waals surface area contributed by atoms with E-state index in [1.165, 1.54) is 24.1 Å². The minimum atomic E-state index is -0.837. The lowest BCUT2D eigenvalue weighted by Gasteiger charge is -2.26. The lowest BCUT2D eigenvalue weighted by atomic mass is 9.92. The summed E-state index contributed by atoms with van der Waals surface area (Å²) in [5.74, 6) is -1.80. The molecule has 2 aromatic carbocycles. The number of rotatable bonds is 5. The quantitative estimate of drug-likeness (QED) is 0.302. The normalized spacial score (nSPS) is 17.5. The molecule has 1 amide bonds. The van der Waals surface area contributed by atoms with Crippen LogP contribution >= 0.6 is 23.2 Å². The van der Waals surface area contributed by atoms with Crippen LogP contribution in [-0.4, -0.2) is 33.8 Å². The van der Waals surface area contributed by atoms with E-state index in [-0.39, 0.29) is 33.5 Å². The predicted molar refractivity (Wildman–Crippen MR) is 126 cm³/mol. The zero-order chi connectivity index (χ0) is 23.7. The second kappa shape index (κ2) is 9.25. The van der Waals surface area contributed by atoms with Crippen molar-refractivity contribution in [3.63, 3.8) is 0 Å². The van der Waals surface area contributed by atoms with E-state index in [4.69, 9.17) is 27.9 Å². The average Bonchev–Trinajstić information content (AvgIpc) is 3.04. The van der Waals surface area contributed by atoms with Crippen LogP contribution in [0.2, 0.25) is 10.0 Å². The van der Waals surface area contributed by atoms with Crippen LogP contribution in [0.3, 0.4) is 0 Å². The van der Waals surface area contributed by atoms with Gasteiger partial charge in [-0.15, -0.1) is 0 Å². The Morgan fingerprint density at radius 3 is 2.52 bits per heavy atom. The van der Waals surface area contributed by atoms with Gasteiger partial charge in [0.05, 0.1) is 41.5 Å². The monoisotopic (exact) mass is 482 g/mol. The Bertz CT molecular complexity index is 1270. The van der Waals surface area contributed by atoms with Crippen molar-refractivity contribution in [2.24, 2.45) is 0 Å². The van der Waals surface area contributed by atoms with Gasteiger partial charge in [0.25, 0.3) is 11.7 Å². The molecule has 1 aliphatic heterocycles. The zero-order valence-corrected chi connectivity index (χ0v) is 19.4. The number of hydrogen-bond acceptors (Lipinski definition) is 5. The number of ketones is 1. The molecule has 1 saturated heterocycles. The Labute approximate surface area is 201 Å². The number of nitrogens with zero attached hydrogens (tertiary/aromatic N) is 2. The number of carbonyl (C=O) groups is 2. The van der Waals surface area contributed by atoms with E-state index in [0.717, 1.165) is 5.56 Å². The zero-order valence-electron chi connectivity index (χ0n) is 17.9. The number of aliphatic hydroxyl groups is 1. The highest BCUT2D eigenvalue weighted by molar-refractivity contribution is 6.46. The van der Waals surface area contributed by atoms with Crippen molar-refractivity contribution in [1.82, 2.24) is 9.88 Å². The molecule has 0 saturated carbocycles. The molecule has 1 fully saturated rings. The van der Waals surface area contributed by atoms with Crippen LogP contribution in [0.25, 0.3) is 5.76 Å². The molecule has 6 nitrogen and oxygen atoms in total. The van der Waals surface area contributed by atoms with Crippen molar-refractivity contribution in [3.05, 3.63) is 98.8 Å². The van der Waals surface area contributed by atoms with Gasteiger partial charge < -0.3 is 14.7 Å². The first kappa shape index (κ1) is 22.8. The van der Waals surface area contributed by atoms with Gasteiger partial charge in [-0.25, -0.2) is 0 Å². The highest BCUT2D eigenvalue weighted by atomic mass is 35.5. The van der Waals surface area contributed by atoms with E-state index in [1.54, 1.807) is 24.4 Å². The standard InChI is InChI=1S/C25H20Cl2N2O4/c1-14-7-3-4-9-17(14)21-20(22(30)18-11-15(26)12-19(27)24(18)33-2)23(31)25(32)29(21)13-16-8-5-6-10-28-16/h3-12,21,30H,13H2,1-2H3/b22-20+. The molecule has 3 aromatic rings. The van der Waals surface area contributed by atoms with Crippen molar-refractivity contribution in [2.75, 3.05) is 7.11 Å². The van der Waals surface area contributed by atoms with Crippen LogP contribution in [0.4, 0.5) is 0 Å². The summed E-state index contributed by atoms with van der Waals surface area (Å²) in [6.07, 6.45) is 1.62. The van der Waals surface area contributed by atoms with Gasteiger partial charge in [0.2, 0.25) is 0 Å². The number of amides is 1. The maximum absolute atomic E-state index is 13.2. The molecule has 8 heteroatoms. The van der Waals surface area contributed by atoms with Gasteiger partial charge in [0.15, 0.2) is 0 Å². The number of aliphatic hydroxyl groups excluding tert-OH is 1. The molecular formula is C25H20Cl2N2O4. The number of Topliss-reactive ketones (excluding diaryl/α,β-unsaturated/α-hetero) is 1. The van der Waals surface area contributed by atoms with Crippen LogP contribution < -0.4 is 4.74 Å². The number of likely N-dealkylation sites (tertiary alicyclic amines) is 1. The summed E-state index contributed by atoms with van der Waals surface area (Å²) >= 11 is 12.4. The van der Waals surface area contributed by atoms with E-state index < -0.39 is 23.5 Å². The Morgan fingerprint density at radius 2 is 1.85 bits per heavy atom. The van der Waals surface area contributed by atoms with Crippen molar-refractivity contribution in [1.29, 1.82) is 0 Å². The summed E-state index contributed by atoms with van der Waals surface area (Å²) in [4.78, 5) is 32.1. The number of aryl methyl sites for hydroxylation is 1. The number of halogens is 2. The first-order valence-corrected chi connectivity index (χ1v) is 10.9. The van der Waals surface area contributed by atoms with Crippen molar-refractivity contribution >= 4 is 40.7 Å². The maximum Gasteiger partial charge on any atom is 0.296 e. The smallest absolute Gasteiger partial charge is 0.296 e. The molecule has 1 aromatic heterocycles. The second-order valence-corrected chi connectivity index (χ2v) is 8.42. The lowest BCUT2D eigenvalue weighted by Crippen LogP contribution is -2.29. The minimum absolute atomic E-state index is 0.0677. The first-order chi connectivity index (χ1) is 15.8. The summed E-state index contributed by atoms with van der Waals surface area (Å²) in [5, 5.41) is 11.8. The molecule has 1 unspecified atom stereocenters. The largest absolute Gasteiger partial charge is 0.507 e. The molecular weight excluding hydrogens is 463 g/mol. The predicted octanol–water partition coefficient (Wildman–Crippen LogP) is 5.33. The maximum atomic E-state index is 13.2. The van der Waals surface area contributed by atoms with Crippen LogP contribution in [0.15, 0.2) is 66.4 Å². The molecule has 1 N–H and O–H groups in total. The summed E-state index contributed by atoms with van der Waals surface area (Å²) < 4.78 is 5.36. The fourth-order valence-electron chi connectivity index (χ4n) is 4.01. The van der Waals surface area contributed by atoms with Gasteiger partial charge in [-0.3, -0.25) is 14.6 Å². The van der Waals surface area contributed by atoms with E-state index >= 15 is 0 Å². The second-order valence-electron chi connectivity index (χ2n) is 7.57. The Morgan fingerprint density at radius 1 is 1.12 bits per heavy atom. The van der Waals surface area contributed by atoms with Gasteiger partial charge >= 0.3 is 0 Å². The number of aromatic nitrogens is 1. The van der Waals surface area contributed by atoms with Gasteiger partial charge in [0, 0.05) is 11.2 Å². The summed E-state index contributed by atoms with van der Waals surface area (Å²) in [6, 6.07) is 14.8. The van der Waals surface area contributed by atoms with Gasteiger partial charge in [-0.05, 0) is 42.3 Å². The highest BCUT2D eigenvalue weighted by Gasteiger charge is 2.47. The van der Waals surface area contributed by atoms with Gasteiger partial charge in [0.1, 0.15) is 11.5 Å². The molecule has 0 aliphatic carbocycles. The molecule has 168 valence electrons. The fourth-order valence-corrected chi connectivity index (χ4v) is 4.59. The molecule has 0 radical (unpaired) electrons. The Hall–Kier alpha value is -3.35. The average molecular weight is 483 g/mol. The molecule has 1 aliphatic rings. The van der Waals surface area contributed by atoms with E-state index in [1.807, 2.05) is 31.2 Å². The van der Waals surface area contributed by atoms with Crippen LogP contribution in [0.1, 0.15) is 28.4 Å². The molecule has 4 rings (SSSR count). The van der Waals surface area contributed by atoms with Gasteiger partial charge in [-0.2, -0.15) is 0 Å². The molecule has 0 spiro atoms. The van der Waals surface area contributed by atoms with Crippen LogP contribution in [-0.2, 0) is 16.1 Å². The van der Waals surface area contributed by atoms with E-state index in [0.29, 0.717) is 11.3 Å². The van der Waals surface area contributed by atoms with Gasteiger partial charge in [-0.1, -0.05) is 53.5 Å². The third-order valence-corrected chi connectivity index (χ3v) is 6.05. The van der Waals surface area contributed by atoms with Crippen LogP contribution in [0, 0.1) is 6.92 Å². The fraction of sp³-hybridized carbons (Fsp3) is 0.160. The topological polar surface area (TPSA) is 79.7 Å². The number of carbonyl (C=O) groups excluding carboxylic acids is 2. The van der Waals surface area contributed by atoms with Crippen molar-refractivity contribution in [2.45, 2.75) is 19.5 Å². The first-order valence-electron chi connectivity index (χ1n) is 10.1. The third kappa shape index (κ3) is 4.19. The summed E-state index contributed by atoms with van der Waals surface area (Å²) in [7, 11) is 1.39. The van der Waals surface area contributed by atoms with Crippen molar-refractivity contribution < 1.29 is 19.4 Å². The lowest BCUT2D eigenvalue weighted by molar-refractivity contribution is -0.140. The van der Waals surface area contributed by atoms with Crippen molar-refractivity contribution in [3.8, 4) is 5.75 Å². The minimum Gasteiger partial charge on any atom is -0.507 e. The van der Waals surface area contributed by atoms with Crippen LogP contribution in [0.5, 0.6) is 5.75 Å². The molecule has 2 heterocycles. The SMILES string of the molecule is COc1c(Cl)cc(Cl)cc1/C(O)=C1\C(=O)C(=O)N(Cc2ccccn2)C1c1ccccc1C. The summed E-state index contributed by atoms with van der Waals surface area (Å²) in [5.41, 5.74) is 2.24. The number of hydrogen-bond donors (Lipinski definition) is 1. The van der Waals surface area contributed by atoms with E-state index in [2.05, 4.69) is 4.98 Å². The number of benzene rings is 2. The third-order valence-electron chi connectivity index (χ3n) is 5.55. The Kier molecular flexibility index (Phi) is 6.40. The molecule has 0 bridgehead atoms. The number of ether oxygens (including phenoxy) is 1. The molecule has 1 atom stereocenters. The summed E-state index contributed by atoms with van der Waals surface area (Å²) in [6.45, 7) is 1.97. The number of pyridine rings is 1. The number of methoxy groups -OCH3 is 1. The van der Waals surface area contributed by atoms with E-state index in [9.17, 15) is 14.7 Å². The highest BCUT2D eigenvalue weighted by Crippen LogP contribution is 2.44. The molecule has 33 heavy (non-hydrogen) atoms.